The Morgan fingerprint density at radius 3 is 2.63 bits per heavy atom. The Morgan fingerprint density at radius 2 is 1.97 bits per heavy atom. The van der Waals surface area contributed by atoms with Crippen molar-refractivity contribution in [2.45, 2.75) is 51.7 Å². The Kier molecular flexibility index (Phi) is 10.8. The lowest BCUT2D eigenvalue weighted by molar-refractivity contribution is -0.137. The number of aromatic nitrogens is 1. The van der Waals surface area contributed by atoms with E-state index in [-0.39, 0.29) is 28.2 Å². The zero-order chi connectivity index (χ0) is 27.1. The zero-order valence-corrected chi connectivity index (χ0v) is 24.5. The number of thiophene rings is 1. The second-order valence-corrected chi connectivity index (χ2v) is 11.7. The zero-order valence-electron chi connectivity index (χ0n) is 22.1. The van der Waals surface area contributed by atoms with Crippen LogP contribution in [0.4, 0.5) is 0 Å². The van der Waals surface area contributed by atoms with E-state index in [2.05, 4.69) is 48.8 Å². The largest absolute Gasteiger partial charge is 0.379 e. The molecule has 1 N–H and O–H groups in total. The molecular weight excluding hydrogens is 545 g/mol. The van der Waals surface area contributed by atoms with E-state index in [4.69, 9.17) is 27.9 Å². The lowest BCUT2D eigenvalue weighted by Gasteiger charge is -2.41. The van der Waals surface area contributed by atoms with Crippen LogP contribution in [0.15, 0.2) is 22.9 Å². The molecule has 0 radical (unpaired) electrons. The fourth-order valence-electron chi connectivity index (χ4n) is 5.21. The van der Waals surface area contributed by atoms with Crippen molar-refractivity contribution < 1.29 is 14.3 Å². The van der Waals surface area contributed by atoms with Crippen molar-refractivity contribution in [2.24, 2.45) is 0 Å². The third-order valence-corrected chi connectivity index (χ3v) is 8.69. The molecule has 208 valence electrons. The number of morpholine rings is 1. The summed E-state index contributed by atoms with van der Waals surface area (Å²) in [5, 5.41) is 7.58. The highest BCUT2D eigenvalue weighted by molar-refractivity contribution is 7.07. The number of carbonyl (C=O) groups is 2. The van der Waals surface area contributed by atoms with Gasteiger partial charge in [0.15, 0.2) is 0 Å². The van der Waals surface area contributed by atoms with E-state index in [0.717, 1.165) is 45.4 Å². The van der Waals surface area contributed by atoms with Crippen LogP contribution >= 0.6 is 34.5 Å². The van der Waals surface area contributed by atoms with Crippen LogP contribution in [0.3, 0.4) is 0 Å². The topological polar surface area (TPSA) is 78.0 Å². The Hall–Kier alpha value is -1.75. The van der Waals surface area contributed by atoms with Gasteiger partial charge in [-0.05, 0) is 67.1 Å². The van der Waals surface area contributed by atoms with Gasteiger partial charge in [0.1, 0.15) is 10.3 Å². The molecule has 0 bridgehead atoms. The Balaban J connectivity index is 1.27. The number of amides is 2. The molecule has 0 saturated carbocycles. The molecule has 2 aliphatic rings. The minimum atomic E-state index is -0.231. The van der Waals surface area contributed by atoms with Gasteiger partial charge in [-0.2, -0.15) is 11.3 Å². The summed E-state index contributed by atoms with van der Waals surface area (Å²) in [6.07, 6.45) is 2.71. The number of aryl methyl sites for hydroxylation is 1. The minimum Gasteiger partial charge on any atom is -0.379 e. The Bertz CT molecular complexity index is 1050. The van der Waals surface area contributed by atoms with E-state index < -0.39 is 0 Å². The van der Waals surface area contributed by atoms with Crippen molar-refractivity contribution in [1.29, 1.82) is 0 Å². The van der Waals surface area contributed by atoms with Crippen molar-refractivity contribution in [3.8, 4) is 0 Å². The van der Waals surface area contributed by atoms with Crippen molar-refractivity contribution in [1.82, 2.24) is 25.0 Å². The summed E-state index contributed by atoms with van der Waals surface area (Å²) in [4.78, 5) is 36.8. The van der Waals surface area contributed by atoms with Crippen molar-refractivity contribution >= 4 is 46.4 Å². The van der Waals surface area contributed by atoms with E-state index in [0.29, 0.717) is 50.0 Å². The van der Waals surface area contributed by atoms with E-state index in [1.54, 1.807) is 24.3 Å². The Labute approximate surface area is 239 Å². The lowest BCUT2D eigenvalue weighted by Crippen LogP contribution is -2.52. The summed E-state index contributed by atoms with van der Waals surface area (Å²) in [5.41, 5.74) is 2.28. The van der Waals surface area contributed by atoms with E-state index in [1.807, 2.05) is 0 Å². The molecule has 11 heteroatoms. The first-order chi connectivity index (χ1) is 18.3. The summed E-state index contributed by atoms with van der Waals surface area (Å²) in [7, 11) is 0. The molecule has 2 saturated heterocycles. The summed E-state index contributed by atoms with van der Waals surface area (Å²) in [6.45, 7) is 10.5. The van der Waals surface area contributed by atoms with Crippen LogP contribution in [-0.4, -0.2) is 96.1 Å². The lowest BCUT2D eigenvalue weighted by atomic mass is 10.00. The third kappa shape index (κ3) is 7.90. The summed E-state index contributed by atoms with van der Waals surface area (Å²) in [5.74, 6) is -0.0246. The molecule has 4 rings (SSSR count). The van der Waals surface area contributed by atoms with Gasteiger partial charge in [-0.3, -0.25) is 14.5 Å². The van der Waals surface area contributed by atoms with Crippen LogP contribution in [-0.2, 0) is 16.1 Å². The molecule has 38 heavy (non-hydrogen) atoms. The van der Waals surface area contributed by atoms with E-state index in [1.165, 1.54) is 5.56 Å². The first-order valence-corrected chi connectivity index (χ1v) is 15.0. The Morgan fingerprint density at radius 1 is 1.24 bits per heavy atom. The van der Waals surface area contributed by atoms with Gasteiger partial charge in [0, 0.05) is 51.4 Å². The molecule has 2 aromatic rings. The average Bonchev–Trinajstić information content (AvgIpc) is 3.41. The predicted molar refractivity (Wildman–Crippen MR) is 152 cm³/mol. The standard InChI is InChI=1S/C27H37Cl2N5O3S/c1-19-15-23(28)31-26(29)25(19)27(36)30-7-3-20(2)33-8-4-22(5-9-33)34(16-21-6-14-38-18-21)24(35)17-32-10-12-37-13-11-32/h6,14-15,18,20,22H,3-5,7-13,16-17H2,1-2H3,(H,30,36)/t20-/m1/s1. The number of hydrogen-bond acceptors (Lipinski definition) is 7. The smallest absolute Gasteiger partial charge is 0.254 e. The minimum absolute atomic E-state index is 0.123. The normalized spacial score (nSPS) is 18.3. The van der Waals surface area contributed by atoms with Gasteiger partial charge < -0.3 is 19.9 Å². The fourth-order valence-corrected chi connectivity index (χ4v) is 6.49. The van der Waals surface area contributed by atoms with Gasteiger partial charge in [-0.1, -0.05) is 23.2 Å². The average molecular weight is 583 g/mol. The number of pyridine rings is 1. The van der Waals surface area contributed by atoms with Gasteiger partial charge in [0.05, 0.1) is 25.3 Å². The highest BCUT2D eigenvalue weighted by atomic mass is 35.5. The van der Waals surface area contributed by atoms with Gasteiger partial charge in [-0.25, -0.2) is 4.98 Å². The number of ether oxygens (including phenoxy) is 1. The van der Waals surface area contributed by atoms with Crippen LogP contribution in [0.1, 0.15) is 47.7 Å². The molecule has 2 fully saturated rings. The highest BCUT2D eigenvalue weighted by Crippen LogP contribution is 2.24. The van der Waals surface area contributed by atoms with Gasteiger partial charge in [0.25, 0.3) is 5.91 Å². The number of nitrogens with one attached hydrogen (secondary N) is 1. The molecule has 2 aliphatic heterocycles. The number of halogens is 2. The molecule has 1 atom stereocenters. The van der Waals surface area contributed by atoms with E-state index in [9.17, 15) is 9.59 Å². The van der Waals surface area contributed by atoms with E-state index >= 15 is 0 Å². The van der Waals surface area contributed by atoms with Crippen molar-refractivity contribution in [2.75, 3.05) is 52.5 Å². The number of likely N-dealkylation sites (tertiary alicyclic amines) is 1. The van der Waals surface area contributed by atoms with Crippen LogP contribution in [0, 0.1) is 6.92 Å². The number of rotatable bonds is 10. The summed E-state index contributed by atoms with van der Waals surface area (Å²) < 4.78 is 5.45. The first-order valence-electron chi connectivity index (χ1n) is 13.3. The molecular formula is C27H37Cl2N5O3S. The summed E-state index contributed by atoms with van der Waals surface area (Å²) in [6, 6.07) is 4.29. The highest BCUT2D eigenvalue weighted by Gasteiger charge is 2.30. The fraction of sp³-hybridized carbons (Fsp3) is 0.593. The van der Waals surface area contributed by atoms with Crippen molar-refractivity contribution in [3.63, 3.8) is 0 Å². The number of carbonyl (C=O) groups excluding carboxylic acids is 2. The predicted octanol–water partition coefficient (Wildman–Crippen LogP) is 4.09. The number of nitrogens with zero attached hydrogens (tertiary/aromatic N) is 4. The van der Waals surface area contributed by atoms with Crippen LogP contribution in [0.2, 0.25) is 10.3 Å². The maximum absolute atomic E-state index is 13.4. The first kappa shape index (κ1) is 29.2. The van der Waals surface area contributed by atoms with Crippen LogP contribution in [0.5, 0.6) is 0 Å². The number of piperidine rings is 1. The SMILES string of the molecule is Cc1cc(Cl)nc(Cl)c1C(=O)NCC[C@@H](C)N1CCC(N(Cc2ccsc2)C(=O)CN2CCOCC2)CC1. The van der Waals surface area contributed by atoms with Gasteiger partial charge >= 0.3 is 0 Å². The molecule has 4 heterocycles. The quantitative estimate of drug-likeness (QED) is 0.426. The summed E-state index contributed by atoms with van der Waals surface area (Å²) >= 11 is 13.7. The number of hydrogen-bond donors (Lipinski definition) is 1. The van der Waals surface area contributed by atoms with Gasteiger partial charge in [0.2, 0.25) is 5.91 Å². The molecule has 2 aromatic heterocycles. The molecule has 0 unspecified atom stereocenters. The second kappa shape index (κ2) is 14.1. The second-order valence-electron chi connectivity index (χ2n) is 10.1. The van der Waals surface area contributed by atoms with Gasteiger partial charge in [-0.15, -0.1) is 0 Å². The molecule has 0 aliphatic carbocycles. The molecule has 8 nitrogen and oxygen atoms in total. The van der Waals surface area contributed by atoms with Crippen molar-refractivity contribution in [3.05, 3.63) is 49.9 Å². The molecule has 0 aromatic carbocycles. The van der Waals surface area contributed by atoms with Crippen LogP contribution < -0.4 is 5.32 Å². The molecule has 0 spiro atoms. The van der Waals surface area contributed by atoms with Crippen LogP contribution in [0.25, 0.3) is 0 Å². The maximum Gasteiger partial charge on any atom is 0.254 e. The molecule has 2 amide bonds. The maximum atomic E-state index is 13.4. The third-order valence-electron chi connectivity index (χ3n) is 7.50. The monoisotopic (exact) mass is 581 g/mol.